The smallest absolute Gasteiger partial charge is 0.239 e. The summed E-state index contributed by atoms with van der Waals surface area (Å²) < 4.78 is 0. The second-order valence-corrected chi connectivity index (χ2v) is 4.99. The maximum atomic E-state index is 12.2. The zero-order valence-electron chi connectivity index (χ0n) is 11.9. The van der Waals surface area contributed by atoms with Crippen LogP contribution in [-0.4, -0.2) is 34.0 Å². The number of hydrogen-bond acceptors (Lipinski definition) is 4. The van der Waals surface area contributed by atoms with Gasteiger partial charge in [-0.05, 0) is 36.2 Å². The van der Waals surface area contributed by atoms with Gasteiger partial charge in [-0.2, -0.15) is 0 Å². The molecule has 0 spiro atoms. The molecule has 0 aliphatic carbocycles. The Balaban J connectivity index is 1.93. The molecule has 110 valence electrons. The molecule has 0 fully saturated rings. The summed E-state index contributed by atoms with van der Waals surface area (Å²) in [7, 11) is 1.72. The fraction of sp³-hybridized carbons (Fsp3) is 0.250. The van der Waals surface area contributed by atoms with E-state index in [9.17, 15) is 9.90 Å². The minimum Gasteiger partial charge on any atom is -0.508 e. The summed E-state index contributed by atoms with van der Waals surface area (Å²) in [5.41, 5.74) is 7.71. The lowest BCUT2D eigenvalue weighted by Gasteiger charge is -2.21. The minimum absolute atomic E-state index is 0.131. The predicted octanol–water partition coefficient (Wildman–Crippen LogP) is 1.32. The van der Waals surface area contributed by atoms with Gasteiger partial charge in [0.25, 0.3) is 0 Å². The molecule has 1 atom stereocenters. The number of amides is 1. The van der Waals surface area contributed by atoms with Crippen LogP contribution in [0, 0.1) is 0 Å². The average molecular weight is 285 g/mol. The van der Waals surface area contributed by atoms with Gasteiger partial charge in [0.1, 0.15) is 5.75 Å². The quantitative estimate of drug-likeness (QED) is 0.868. The molecule has 21 heavy (non-hydrogen) atoms. The summed E-state index contributed by atoms with van der Waals surface area (Å²) in [4.78, 5) is 18.0. The molecule has 0 radical (unpaired) electrons. The van der Waals surface area contributed by atoms with Gasteiger partial charge >= 0.3 is 0 Å². The van der Waals surface area contributed by atoms with E-state index in [-0.39, 0.29) is 11.7 Å². The van der Waals surface area contributed by atoms with Gasteiger partial charge in [-0.25, -0.2) is 0 Å². The van der Waals surface area contributed by atoms with Crippen molar-refractivity contribution >= 4 is 5.91 Å². The Morgan fingerprint density at radius 2 is 2.00 bits per heavy atom. The highest BCUT2D eigenvalue weighted by molar-refractivity contribution is 5.81. The fourth-order valence-electron chi connectivity index (χ4n) is 2.07. The predicted molar refractivity (Wildman–Crippen MR) is 80.5 cm³/mol. The first-order valence-electron chi connectivity index (χ1n) is 6.74. The Labute approximate surface area is 124 Å². The van der Waals surface area contributed by atoms with E-state index < -0.39 is 6.04 Å². The molecule has 2 aromatic rings. The van der Waals surface area contributed by atoms with Crippen LogP contribution < -0.4 is 5.73 Å². The normalized spacial score (nSPS) is 11.9. The van der Waals surface area contributed by atoms with E-state index in [1.165, 1.54) is 0 Å². The number of aromatic hydroxyl groups is 1. The third kappa shape index (κ3) is 4.29. The number of benzene rings is 1. The van der Waals surface area contributed by atoms with Crippen molar-refractivity contribution in [2.45, 2.75) is 19.0 Å². The molecule has 0 aliphatic rings. The van der Waals surface area contributed by atoms with Gasteiger partial charge in [0.2, 0.25) is 5.91 Å². The number of carbonyl (C=O) groups excluding carboxylic acids is 1. The van der Waals surface area contributed by atoms with Crippen molar-refractivity contribution in [1.82, 2.24) is 9.88 Å². The topological polar surface area (TPSA) is 79.5 Å². The van der Waals surface area contributed by atoms with Gasteiger partial charge in [0.15, 0.2) is 0 Å². The lowest BCUT2D eigenvalue weighted by Crippen LogP contribution is -2.42. The number of hydrogen-bond donors (Lipinski definition) is 2. The fourth-order valence-corrected chi connectivity index (χ4v) is 2.07. The summed E-state index contributed by atoms with van der Waals surface area (Å²) in [5, 5.41) is 9.24. The van der Waals surface area contributed by atoms with E-state index >= 15 is 0 Å². The largest absolute Gasteiger partial charge is 0.508 e. The molecular weight excluding hydrogens is 266 g/mol. The van der Waals surface area contributed by atoms with Crippen LogP contribution in [0.15, 0.2) is 48.7 Å². The highest BCUT2D eigenvalue weighted by Crippen LogP contribution is 2.11. The third-order valence-electron chi connectivity index (χ3n) is 3.21. The van der Waals surface area contributed by atoms with Crippen LogP contribution in [0.1, 0.15) is 11.3 Å². The van der Waals surface area contributed by atoms with Gasteiger partial charge in [0, 0.05) is 13.2 Å². The van der Waals surface area contributed by atoms with E-state index in [2.05, 4.69) is 4.98 Å². The second-order valence-electron chi connectivity index (χ2n) is 4.99. The molecule has 1 amide bonds. The SMILES string of the molecule is CN(Cc1ccccn1)C(=O)C(N)Cc1ccc(O)cc1. The first-order valence-corrected chi connectivity index (χ1v) is 6.74. The Bertz CT molecular complexity index is 584. The third-order valence-corrected chi connectivity index (χ3v) is 3.21. The summed E-state index contributed by atoms with van der Waals surface area (Å²) in [6.07, 6.45) is 2.13. The van der Waals surface area contributed by atoms with Crippen LogP contribution in [0.3, 0.4) is 0 Å². The van der Waals surface area contributed by atoms with Crippen LogP contribution in [0.2, 0.25) is 0 Å². The number of likely N-dealkylation sites (N-methyl/N-ethyl adjacent to an activating group) is 1. The molecule has 0 saturated heterocycles. The number of phenols is 1. The van der Waals surface area contributed by atoms with Crippen molar-refractivity contribution < 1.29 is 9.90 Å². The molecule has 1 unspecified atom stereocenters. The maximum absolute atomic E-state index is 12.2. The molecule has 0 bridgehead atoms. The highest BCUT2D eigenvalue weighted by Gasteiger charge is 2.18. The molecule has 5 nitrogen and oxygen atoms in total. The number of phenolic OH excluding ortho intramolecular Hbond substituents is 1. The Morgan fingerprint density at radius 3 is 2.62 bits per heavy atom. The van der Waals surface area contributed by atoms with Crippen molar-refractivity contribution in [2.24, 2.45) is 5.73 Å². The van der Waals surface area contributed by atoms with E-state index in [4.69, 9.17) is 5.73 Å². The molecule has 5 heteroatoms. The molecule has 2 rings (SSSR count). The van der Waals surface area contributed by atoms with E-state index in [0.29, 0.717) is 13.0 Å². The Hall–Kier alpha value is -2.40. The first kappa shape index (κ1) is 15.0. The zero-order chi connectivity index (χ0) is 15.2. The highest BCUT2D eigenvalue weighted by atomic mass is 16.3. The average Bonchev–Trinajstić information content (AvgIpc) is 2.49. The first-order chi connectivity index (χ1) is 10.1. The van der Waals surface area contributed by atoms with Gasteiger partial charge < -0.3 is 15.7 Å². The lowest BCUT2D eigenvalue weighted by atomic mass is 10.1. The van der Waals surface area contributed by atoms with Crippen LogP contribution in [0.4, 0.5) is 0 Å². The molecule has 1 heterocycles. The minimum atomic E-state index is -0.608. The summed E-state index contributed by atoms with van der Waals surface area (Å²) >= 11 is 0. The van der Waals surface area contributed by atoms with Gasteiger partial charge in [-0.1, -0.05) is 18.2 Å². The van der Waals surface area contributed by atoms with Crippen LogP contribution >= 0.6 is 0 Å². The Morgan fingerprint density at radius 1 is 1.29 bits per heavy atom. The molecule has 1 aromatic heterocycles. The second kappa shape index (κ2) is 6.85. The van der Waals surface area contributed by atoms with E-state index in [0.717, 1.165) is 11.3 Å². The summed E-state index contributed by atoms with van der Waals surface area (Å²) in [6.45, 7) is 0.433. The van der Waals surface area contributed by atoms with E-state index in [1.54, 1.807) is 42.4 Å². The molecular formula is C16H19N3O2. The summed E-state index contributed by atoms with van der Waals surface area (Å²) in [5.74, 6) is 0.0691. The Kier molecular flexibility index (Phi) is 4.90. The van der Waals surface area contributed by atoms with Crippen molar-refractivity contribution in [3.8, 4) is 5.75 Å². The van der Waals surface area contributed by atoms with Crippen molar-refractivity contribution in [2.75, 3.05) is 7.05 Å². The van der Waals surface area contributed by atoms with Gasteiger partial charge in [-0.15, -0.1) is 0 Å². The number of nitrogens with two attached hydrogens (primary N) is 1. The van der Waals surface area contributed by atoms with Gasteiger partial charge in [-0.3, -0.25) is 9.78 Å². The lowest BCUT2D eigenvalue weighted by molar-refractivity contribution is -0.131. The molecule has 1 aromatic carbocycles. The summed E-state index contributed by atoms with van der Waals surface area (Å²) in [6, 6.07) is 11.7. The van der Waals surface area contributed by atoms with Crippen molar-refractivity contribution in [1.29, 1.82) is 0 Å². The molecule has 0 aliphatic heterocycles. The van der Waals surface area contributed by atoms with Crippen LogP contribution in [0.5, 0.6) is 5.75 Å². The number of rotatable bonds is 5. The number of carbonyl (C=O) groups is 1. The van der Waals surface area contributed by atoms with Crippen molar-refractivity contribution in [3.63, 3.8) is 0 Å². The van der Waals surface area contributed by atoms with Crippen LogP contribution in [-0.2, 0) is 17.8 Å². The maximum Gasteiger partial charge on any atom is 0.239 e. The van der Waals surface area contributed by atoms with E-state index in [1.807, 2.05) is 18.2 Å². The number of pyridine rings is 1. The molecule has 3 N–H and O–H groups in total. The van der Waals surface area contributed by atoms with Crippen LogP contribution in [0.25, 0.3) is 0 Å². The molecule has 0 saturated carbocycles. The van der Waals surface area contributed by atoms with Gasteiger partial charge in [0.05, 0.1) is 18.3 Å². The standard InChI is InChI=1S/C16H19N3O2/c1-19(11-13-4-2-3-9-18-13)16(21)15(17)10-12-5-7-14(20)8-6-12/h2-9,15,20H,10-11,17H2,1H3. The number of nitrogens with zero attached hydrogens (tertiary/aromatic N) is 2. The monoisotopic (exact) mass is 285 g/mol. The van der Waals surface area contributed by atoms with Crippen molar-refractivity contribution in [3.05, 3.63) is 59.9 Å². The zero-order valence-corrected chi connectivity index (χ0v) is 11.9. The number of aromatic nitrogens is 1.